The molecule has 0 aliphatic carbocycles. The van der Waals surface area contributed by atoms with Gasteiger partial charge in [0, 0.05) is 17.7 Å². The van der Waals surface area contributed by atoms with Crippen molar-refractivity contribution in [3.63, 3.8) is 0 Å². The smallest absolute Gasteiger partial charge is 0.175 e. The minimum absolute atomic E-state index is 0.664. The minimum Gasteiger partial charge on any atom is -0.308 e. The average Bonchev–Trinajstić information content (AvgIpc) is 3.50. The molecule has 1 N–H and O–H groups in total. The van der Waals surface area contributed by atoms with Crippen LogP contribution in [-0.2, 0) is 13.0 Å². The molecule has 0 fully saturated rings. The molecule has 0 atom stereocenters. The molecule has 7 nitrogen and oxygen atoms in total. The van der Waals surface area contributed by atoms with Gasteiger partial charge in [0.05, 0.1) is 6.54 Å². The summed E-state index contributed by atoms with van der Waals surface area (Å²) in [6.45, 7) is 9.05. The number of rotatable bonds is 6. The lowest BCUT2D eigenvalue weighted by Gasteiger charge is -2.13. The molecule has 0 unspecified atom stereocenters. The maximum atomic E-state index is 4.88. The van der Waals surface area contributed by atoms with Gasteiger partial charge in [0.25, 0.3) is 0 Å². The molecule has 0 aliphatic heterocycles. The number of aromatic nitrogens is 7. The van der Waals surface area contributed by atoms with Gasteiger partial charge < -0.3 is 4.57 Å². The Hall–Kier alpha value is -4.13. The fourth-order valence-corrected chi connectivity index (χ4v) is 4.48. The summed E-state index contributed by atoms with van der Waals surface area (Å²) >= 11 is 0. The highest BCUT2D eigenvalue weighted by molar-refractivity contribution is 5.96. The summed E-state index contributed by atoms with van der Waals surface area (Å²) in [6.07, 6.45) is 0.859. The van der Waals surface area contributed by atoms with Gasteiger partial charge in [-0.25, -0.2) is 15.1 Å². The monoisotopic (exact) mass is 449 g/mol. The van der Waals surface area contributed by atoms with Crippen molar-refractivity contribution in [3.8, 4) is 0 Å². The molecule has 3 aromatic heterocycles. The zero-order valence-corrected chi connectivity index (χ0v) is 19.9. The minimum atomic E-state index is 0.664. The lowest BCUT2D eigenvalue weighted by Crippen LogP contribution is -2.06. The van der Waals surface area contributed by atoms with Crippen LogP contribution in [0.3, 0.4) is 0 Å². The molecule has 3 heterocycles. The van der Waals surface area contributed by atoms with Crippen molar-refractivity contribution in [2.45, 2.75) is 40.7 Å². The summed E-state index contributed by atoms with van der Waals surface area (Å²) in [4.78, 5) is 9.68. The first-order valence-electron chi connectivity index (χ1n) is 11.5. The number of aromatic amines is 1. The molecule has 0 aliphatic rings. The van der Waals surface area contributed by atoms with E-state index in [-0.39, 0.29) is 0 Å². The highest BCUT2D eigenvalue weighted by Crippen LogP contribution is 2.31. The maximum Gasteiger partial charge on any atom is 0.175 e. The van der Waals surface area contributed by atoms with E-state index in [9.17, 15) is 0 Å². The van der Waals surface area contributed by atoms with Crippen LogP contribution in [-0.4, -0.2) is 35.2 Å². The summed E-state index contributed by atoms with van der Waals surface area (Å²) in [5, 5.41) is 14.5. The molecule has 5 aromatic rings. The fraction of sp³-hybridized carbons (Fsp3) is 0.222. The number of benzene rings is 2. The van der Waals surface area contributed by atoms with E-state index >= 15 is 0 Å². The molecule has 5 rings (SSSR count). The van der Waals surface area contributed by atoms with E-state index in [2.05, 4.69) is 81.5 Å². The van der Waals surface area contributed by atoms with Gasteiger partial charge in [0.2, 0.25) is 0 Å². The Morgan fingerprint density at radius 3 is 2.35 bits per heavy atom. The summed E-state index contributed by atoms with van der Waals surface area (Å²) in [5.74, 6) is 1.72. The van der Waals surface area contributed by atoms with Gasteiger partial charge in [-0.1, -0.05) is 61.5 Å². The predicted molar refractivity (Wildman–Crippen MR) is 134 cm³/mol. The van der Waals surface area contributed by atoms with Gasteiger partial charge in [-0.3, -0.25) is 0 Å². The predicted octanol–water partition coefficient (Wildman–Crippen LogP) is 5.15. The van der Waals surface area contributed by atoms with Crippen molar-refractivity contribution in [1.82, 2.24) is 35.2 Å². The van der Waals surface area contributed by atoms with Gasteiger partial charge in [-0.05, 0) is 65.1 Å². The summed E-state index contributed by atoms with van der Waals surface area (Å²) in [5.41, 5.74) is 9.65. The van der Waals surface area contributed by atoms with Gasteiger partial charge in [-0.15, -0.1) is 5.10 Å². The highest BCUT2D eigenvalue weighted by Gasteiger charge is 2.15. The molecule has 0 spiro atoms. The molecule has 0 radical (unpaired) electrons. The SMILES string of the molecule is CCc1nc2c(C)cc(C)nc2n1Cc1ccc(/C(=C(/C)c2nnn[nH]2)c2ccccc2)cc1. The third-order valence-corrected chi connectivity index (χ3v) is 6.14. The lowest BCUT2D eigenvalue weighted by atomic mass is 9.92. The summed E-state index contributed by atoms with van der Waals surface area (Å²) in [7, 11) is 0. The zero-order valence-electron chi connectivity index (χ0n) is 19.9. The Balaban J connectivity index is 1.54. The van der Waals surface area contributed by atoms with Crippen LogP contribution in [0.4, 0.5) is 0 Å². The standard InChI is InChI=1S/C27H27N7/c1-5-23-29-25-17(2)15-18(3)28-27(25)34(23)16-20-11-13-22(14-12-20)24(21-9-7-6-8-10-21)19(4)26-30-32-33-31-26/h6-15H,5,16H2,1-4H3,(H,30,31,32,33)/b24-19-. The van der Waals surface area contributed by atoms with E-state index < -0.39 is 0 Å². The van der Waals surface area contributed by atoms with Crippen LogP contribution in [0.15, 0.2) is 60.7 Å². The van der Waals surface area contributed by atoms with Crippen LogP contribution >= 0.6 is 0 Å². The normalized spacial score (nSPS) is 12.2. The van der Waals surface area contributed by atoms with Gasteiger partial charge in [0.1, 0.15) is 11.3 Å². The molecular weight excluding hydrogens is 422 g/mol. The van der Waals surface area contributed by atoms with Crippen molar-refractivity contribution in [1.29, 1.82) is 0 Å². The van der Waals surface area contributed by atoms with Gasteiger partial charge >= 0.3 is 0 Å². The number of H-pyrrole nitrogens is 1. The molecule has 0 saturated heterocycles. The molecule has 34 heavy (non-hydrogen) atoms. The molecular formula is C27H27N7. The van der Waals surface area contributed by atoms with Crippen LogP contribution in [0, 0.1) is 13.8 Å². The maximum absolute atomic E-state index is 4.88. The first-order valence-corrected chi connectivity index (χ1v) is 11.5. The van der Waals surface area contributed by atoms with E-state index in [0.29, 0.717) is 5.82 Å². The molecule has 0 amide bonds. The van der Waals surface area contributed by atoms with E-state index in [4.69, 9.17) is 9.97 Å². The van der Waals surface area contributed by atoms with E-state index in [1.807, 2.05) is 32.0 Å². The van der Waals surface area contributed by atoms with Crippen LogP contribution < -0.4 is 0 Å². The highest BCUT2D eigenvalue weighted by atomic mass is 15.5. The topological polar surface area (TPSA) is 85.2 Å². The van der Waals surface area contributed by atoms with Crippen molar-refractivity contribution in [2.24, 2.45) is 0 Å². The Labute approximate surface area is 198 Å². The number of pyridine rings is 1. The molecule has 7 heteroatoms. The lowest BCUT2D eigenvalue weighted by molar-refractivity contribution is 0.745. The molecule has 170 valence electrons. The van der Waals surface area contributed by atoms with Crippen LogP contribution in [0.5, 0.6) is 0 Å². The largest absolute Gasteiger partial charge is 0.308 e. The number of tetrazole rings is 1. The number of hydrogen-bond donors (Lipinski definition) is 1. The number of fused-ring (bicyclic) bond motifs is 1. The van der Waals surface area contributed by atoms with Gasteiger partial charge in [-0.2, -0.15) is 0 Å². The number of hydrogen-bond acceptors (Lipinski definition) is 5. The first-order chi connectivity index (χ1) is 16.5. The number of nitrogens with zero attached hydrogens (tertiary/aromatic N) is 6. The molecule has 2 aromatic carbocycles. The number of imidazole rings is 1. The number of allylic oxidation sites excluding steroid dienone is 1. The van der Waals surface area contributed by atoms with E-state index in [0.717, 1.165) is 57.9 Å². The molecule has 0 bridgehead atoms. The Bertz CT molecular complexity index is 1460. The average molecular weight is 450 g/mol. The second-order valence-electron chi connectivity index (χ2n) is 8.53. The van der Waals surface area contributed by atoms with Crippen LogP contribution in [0.2, 0.25) is 0 Å². The van der Waals surface area contributed by atoms with Crippen LogP contribution in [0.1, 0.15) is 53.4 Å². The third-order valence-electron chi connectivity index (χ3n) is 6.14. The Kier molecular flexibility index (Phi) is 5.76. The van der Waals surface area contributed by atoms with Crippen molar-refractivity contribution in [3.05, 3.63) is 100 Å². The molecule has 0 saturated carbocycles. The second-order valence-corrected chi connectivity index (χ2v) is 8.53. The first kappa shape index (κ1) is 21.7. The zero-order chi connectivity index (χ0) is 23.7. The summed E-state index contributed by atoms with van der Waals surface area (Å²) in [6, 6.07) is 21.1. The van der Waals surface area contributed by atoms with Crippen molar-refractivity contribution < 1.29 is 0 Å². The number of aryl methyl sites for hydroxylation is 3. The third kappa shape index (κ3) is 4.01. The fourth-order valence-electron chi connectivity index (χ4n) is 4.48. The van der Waals surface area contributed by atoms with E-state index in [1.165, 1.54) is 11.1 Å². The number of nitrogens with one attached hydrogen (secondary N) is 1. The Morgan fingerprint density at radius 1 is 0.941 bits per heavy atom. The van der Waals surface area contributed by atoms with Crippen molar-refractivity contribution >= 4 is 22.3 Å². The quantitative estimate of drug-likeness (QED) is 0.387. The van der Waals surface area contributed by atoms with Gasteiger partial charge in [0.15, 0.2) is 11.5 Å². The van der Waals surface area contributed by atoms with Crippen LogP contribution in [0.25, 0.3) is 22.3 Å². The summed E-state index contributed by atoms with van der Waals surface area (Å²) < 4.78 is 2.24. The second kappa shape index (κ2) is 9.02. The van der Waals surface area contributed by atoms with E-state index in [1.54, 1.807) is 0 Å². The Morgan fingerprint density at radius 2 is 1.68 bits per heavy atom. The van der Waals surface area contributed by atoms with Crippen molar-refractivity contribution in [2.75, 3.05) is 0 Å².